The number of hydrogen-bond acceptors (Lipinski definition) is 4. The lowest BCUT2D eigenvalue weighted by Crippen LogP contribution is -2.40. The molecule has 0 bridgehead atoms. The predicted octanol–water partition coefficient (Wildman–Crippen LogP) is 2.07. The highest BCUT2D eigenvalue weighted by Crippen LogP contribution is 2.36. The van der Waals surface area contributed by atoms with Crippen molar-refractivity contribution in [1.82, 2.24) is 20.1 Å². The van der Waals surface area contributed by atoms with Gasteiger partial charge in [-0.3, -0.25) is 0 Å². The number of aromatic nitrogens is 3. The Hall–Kier alpha value is -0.550. The Morgan fingerprint density at radius 1 is 1.53 bits per heavy atom. The van der Waals surface area contributed by atoms with Crippen molar-refractivity contribution in [3.05, 3.63) is 6.33 Å². The monoisotopic (exact) mass is 254 g/mol. The fourth-order valence-electron chi connectivity index (χ4n) is 2.57. The lowest BCUT2D eigenvalue weighted by atomic mass is 9.84. The fourth-order valence-corrected chi connectivity index (χ4v) is 3.95. The van der Waals surface area contributed by atoms with Crippen molar-refractivity contribution in [3.63, 3.8) is 0 Å². The molecular formula is C12H22N4S. The molecule has 96 valence electrons. The van der Waals surface area contributed by atoms with Crippen LogP contribution in [0.3, 0.4) is 0 Å². The number of thioether (sulfide) groups is 1. The minimum Gasteiger partial charge on any atom is -0.316 e. The molecule has 0 aliphatic heterocycles. The highest BCUT2D eigenvalue weighted by Gasteiger charge is 2.30. The molecule has 0 amide bonds. The second kappa shape index (κ2) is 5.87. The molecule has 0 saturated heterocycles. The number of rotatable bonds is 4. The molecule has 0 radical (unpaired) electrons. The van der Waals surface area contributed by atoms with Gasteiger partial charge >= 0.3 is 0 Å². The standard InChI is InChI=1S/C12H22N4S/c1-4-9-5-6-10(13-2)11(7-9)17-12-14-8-15-16(12)3/h8-11,13H,4-7H2,1-3H3. The molecule has 1 heterocycles. The van der Waals surface area contributed by atoms with Crippen molar-refractivity contribution in [2.24, 2.45) is 13.0 Å². The first-order valence-electron chi connectivity index (χ1n) is 6.42. The molecule has 1 aliphatic carbocycles. The van der Waals surface area contributed by atoms with E-state index in [9.17, 15) is 0 Å². The molecule has 0 aromatic carbocycles. The second-order valence-electron chi connectivity index (χ2n) is 4.81. The summed E-state index contributed by atoms with van der Waals surface area (Å²) in [5.74, 6) is 0.880. The minimum atomic E-state index is 0.611. The Morgan fingerprint density at radius 2 is 2.35 bits per heavy atom. The lowest BCUT2D eigenvalue weighted by Gasteiger charge is -2.34. The van der Waals surface area contributed by atoms with Crippen LogP contribution in [0.1, 0.15) is 32.6 Å². The second-order valence-corrected chi connectivity index (χ2v) is 6.01. The van der Waals surface area contributed by atoms with Gasteiger partial charge in [-0.05, 0) is 32.2 Å². The predicted molar refractivity (Wildman–Crippen MR) is 71.1 cm³/mol. The van der Waals surface area contributed by atoms with Crippen LogP contribution >= 0.6 is 11.8 Å². The summed E-state index contributed by atoms with van der Waals surface area (Å²) in [7, 11) is 4.03. The van der Waals surface area contributed by atoms with Crippen LogP contribution in [0.25, 0.3) is 0 Å². The van der Waals surface area contributed by atoms with Gasteiger partial charge in [0, 0.05) is 18.3 Å². The molecule has 4 nitrogen and oxygen atoms in total. The summed E-state index contributed by atoms with van der Waals surface area (Å²) in [5, 5.41) is 9.25. The van der Waals surface area contributed by atoms with Gasteiger partial charge in [0.2, 0.25) is 0 Å². The van der Waals surface area contributed by atoms with Crippen molar-refractivity contribution >= 4 is 11.8 Å². The van der Waals surface area contributed by atoms with E-state index < -0.39 is 0 Å². The Kier molecular flexibility index (Phi) is 4.45. The average Bonchev–Trinajstić information content (AvgIpc) is 2.75. The zero-order chi connectivity index (χ0) is 12.3. The van der Waals surface area contributed by atoms with E-state index in [4.69, 9.17) is 0 Å². The van der Waals surface area contributed by atoms with Crippen LogP contribution in [0, 0.1) is 5.92 Å². The summed E-state index contributed by atoms with van der Waals surface area (Å²) in [6, 6.07) is 0.611. The van der Waals surface area contributed by atoms with Crippen molar-refractivity contribution in [1.29, 1.82) is 0 Å². The maximum Gasteiger partial charge on any atom is 0.186 e. The van der Waals surface area contributed by atoms with Gasteiger partial charge in [0.25, 0.3) is 0 Å². The summed E-state index contributed by atoms with van der Waals surface area (Å²) in [6.07, 6.45) is 6.87. The molecule has 5 heteroatoms. The van der Waals surface area contributed by atoms with Crippen molar-refractivity contribution in [2.75, 3.05) is 7.05 Å². The van der Waals surface area contributed by atoms with E-state index in [1.54, 1.807) is 6.33 Å². The highest BCUT2D eigenvalue weighted by atomic mass is 32.2. The Balaban J connectivity index is 2.03. The van der Waals surface area contributed by atoms with E-state index in [0.717, 1.165) is 11.1 Å². The van der Waals surface area contributed by atoms with E-state index in [1.165, 1.54) is 25.7 Å². The van der Waals surface area contributed by atoms with Crippen molar-refractivity contribution in [2.45, 2.75) is 49.1 Å². The number of nitrogens with zero attached hydrogens (tertiary/aromatic N) is 3. The Bertz CT molecular complexity index is 352. The Labute approximate surface area is 108 Å². The summed E-state index contributed by atoms with van der Waals surface area (Å²) < 4.78 is 1.87. The third kappa shape index (κ3) is 3.01. The molecular weight excluding hydrogens is 232 g/mol. The molecule has 17 heavy (non-hydrogen) atoms. The van der Waals surface area contributed by atoms with E-state index >= 15 is 0 Å². The van der Waals surface area contributed by atoms with E-state index in [1.807, 2.05) is 23.5 Å². The topological polar surface area (TPSA) is 42.7 Å². The lowest BCUT2D eigenvalue weighted by molar-refractivity contribution is 0.304. The SMILES string of the molecule is CCC1CCC(NC)C(Sc2ncnn2C)C1. The quantitative estimate of drug-likeness (QED) is 0.893. The van der Waals surface area contributed by atoms with Gasteiger partial charge in [0.1, 0.15) is 6.33 Å². The number of aryl methyl sites for hydroxylation is 1. The third-order valence-electron chi connectivity index (χ3n) is 3.78. The summed E-state index contributed by atoms with van der Waals surface area (Å²) in [5.41, 5.74) is 0. The van der Waals surface area contributed by atoms with Gasteiger partial charge in [0.15, 0.2) is 5.16 Å². The molecule has 1 saturated carbocycles. The van der Waals surface area contributed by atoms with Crippen LogP contribution in [0.5, 0.6) is 0 Å². The molecule has 3 atom stereocenters. The molecule has 1 aromatic heterocycles. The number of nitrogens with one attached hydrogen (secondary N) is 1. The van der Waals surface area contributed by atoms with Crippen LogP contribution in [-0.4, -0.2) is 33.1 Å². The Morgan fingerprint density at radius 3 is 2.94 bits per heavy atom. The fraction of sp³-hybridized carbons (Fsp3) is 0.833. The van der Waals surface area contributed by atoms with Gasteiger partial charge in [-0.25, -0.2) is 9.67 Å². The zero-order valence-corrected chi connectivity index (χ0v) is 11.7. The van der Waals surface area contributed by atoms with E-state index in [-0.39, 0.29) is 0 Å². The molecule has 0 spiro atoms. The minimum absolute atomic E-state index is 0.611. The maximum absolute atomic E-state index is 4.32. The first kappa shape index (κ1) is 12.9. The van der Waals surface area contributed by atoms with Crippen molar-refractivity contribution < 1.29 is 0 Å². The number of hydrogen-bond donors (Lipinski definition) is 1. The summed E-state index contributed by atoms with van der Waals surface area (Å²) in [6.45, 7) is 2.30. The van der Waals surface area contributed by atoms with Gasteiger partial charge < -0.3 is 5.32 Å². The van der Waals surface area contributed by atoms with Crippen LogP contribution in [0.2, 0.25) is 0 Å². The third-order valence-corrected chi connectivity index (χ3v) is 5.18. The smallest absolute Gasteiger partial charge is 0.186 e. The van der Waals surface area contributed by atoms with E-state index in [0.29, 0.717) is 11.3 Å². The highest BCUT2D eigenvalue weighted by molar-refractivity contribution is 7.99. The molecule has 3 unspecified atom stereocenters. The zero-order valence-electron chi connectivity index (χ0n) is 10.9. The van der Waals surface area contributed by atoms with Crippen LogP contribution < -0.4 is 5.32 Å². The van der Waals surface area contributed by atoms with Crippen molar-refractivity contribution in [3.8, 4) is 0 Å². The van der Waals surface area contributed by atoms with Gasteiger partial charge in [-0.2, -0.15) is 5.10 Å². The van der Waals surface area contributed by atoms with Crippen LogP contribution in [0.15, 0.2) is 11.5 Å². The molecule has 1 aliphatic rings. The largest absolute Gasteiger partial charge is 0.316 e. The molecule has 2 rings (SSSR count). The average molecular weight is 254 g/mol. The van der Waals surface area contributed by atoms with Gasteiger partial charge in [0.05, 0.1) is 0 Å². The first-order chi connectivity index (χ1) is 8.24. The normalized spacial score (nSPS) is 29.5. The van der Waals surface area contributed by atoms with E-state index in [2.05, 4.69) is 29.4 Å². The van der Waals surface area contributed by atoms with Gasteiger partial charge in [-0.1, -0.05) is 25.1 Å². The molecule has 1 N–H and O–H groups in total. The van der Waals surface area contributed by atoms with Crippen LogP contribution in [-0.2, 0) is 7.05 Å². The summed E-state index contributed by atoms with van der Waals surface area (Å²) in [4.78, 5) is 4.32. The first-order valence-corrected chi connectivity index (χ1v) is 7.30. The van der Waals surface area contributed by atoms with Gasteiger partial charge in [-0.15, -0.1) is 0 Å². The molecule has 1 aromatic rings. The maximum atomic E-state index is 4.32. The molecule has 1 fully saturated rings. The summed E-state index contributed by atoms with van der Waals surface area (Å²) >= 11 is 1.88. The van der Waals surface area contributed by atoms with Crippen LogP contribution in [0.4, 0.5) is 0 Å².